The Kier molecular flexibility index (Phi) is 4.22. The molecule has 1 saturated carbocycles. The molecule has 0 spiro atoms. The number of hydrogen-bond acceptors (Lipinski definition) is 0. The zero-order chi connectivity index (χ0) is 10.7. The van der Waals surface area contributed by atoms with Crippen molar-refractivity contribution in [2.24, 2.45) is 23.7 Å². The molecule has 82 valence electrons. The van der Waals surface area contributed by atoms with E-state index in [0.717, 1.165) is 23.7 Å². The fourth-order valence-corrected chi connectivity index (χ4v) is 2.61. The SMILES string of the molecule is C=C(C)C(C)CCC1C(C)C1CCC. The van der Waals surface area contributed by atoms with Gasteiger partial charge < -0.3 is 0 Å². The molecule has 0 aromatic carbocycles. The van der Waals surface area contributed by atoms with Gasteiger partial charge in [-0.3, -0.25) is 0 Å². The molecule has 0 N–H and O–H groups in total. The van der Waals surface area contributed by atoms with E-state index in [9.17, 15) is 0 Å². The zero-order valence-electron chi connectivity index (χ0n) is 10.3. The Morgan fingerprint density at radius 2 is 1.86 bits per heavy atom. The molecule has 1 aliphatic rings. The first-order chi connectivity index (χ1) is 6.57. The summed E-state index contributed by atoms with van der Waals surface area (Å²) in [5.41, 5.74) is 1.35. The first-order valence-corrected chi connectivity index (χ1v) is 6.23. The van der Waals surface area contributed by atoms with Crippen molar-refractivity contribution in [2.45, 2.75) is 53.4 Å². The number of allylic oxidation sites excluding steroid dienone is 1. The summed E-state index contributed by atoms with van der Waals surface area (Å²) in [5.74, 6) is 3.83. The molecule has 0 aromatic heterocycles. The molecule has 0 saturated heterocycles. The van der Waals surface area contributed by atoms with E-state index in [1.165, 1.54) is 31.3 Å². The van der Waals surface area contributed by atoms with Crippen LogP contribution in [0.25, 0.3) is 0 Å². The van der Waals surface area contributed by atoms with E-state index < -0.39 is 0 Å². The molecule has 1 fully saturated rings. The van der Waals surface area contributed by atoms with Crippen molar-refractivity contribution in [3.63, 3.8) is 0 Å². The summed E-state index contributed by atoms with van der Waals surface area (Å²) in [7, 11) is 0. The highest BCUT2D eigenvalue weighted by Gasteiger charge is 2.44. The molecule has 0 aromatic rings. The maximum absolute atomic E-state index is 4.03. The van der Waals surface area contributed by atoms with Crippen molar-refractivity contribution in [1.29, 1.82) is 0 Å². The lowest BCUT2D eigenvalue weighted by molar-refractivity contribution is 0.512. The van der Waals surface area contributed by atoms with E-state index in [1.54, 1.807) is 0 Å². The van der Waals surface area contributed by atoms with Gasteiger partial charge in [0.25, 0.3) is 0 Å². The van der Waals surface area contributed by atoms with Crippen LogP contribution in [0.15, 0.2) is 12.2 Å². The summed E-state index contributed by atoms with van der Waals surface area (Å²) in [6.07, 6.45) is 5.60. The van der Waals surface area contributed by atoms with E-state index in [2.05, 4.69) is 34.3 Å². The van der Waals surface area contributed by atoms with Crippen LogP contribution in [0.1, 0.15) is 53.4 Å². The summed E-state index contributed by atoms with van der Waals surface area (Å²) >= 11 is 0. The molecule has 0 heteroatoms. The highest BCUT2D eigenvalue weighted by molar-refractivity contribution is 4.97. The van der Waals surface area contributed by atoms with Crippen molar-refractivity contribution in [3.05, 3.63) is 12.2 Å². The maximum Gasteiger partial charge on any atom is -0.0237 e. The average molecular weight is 194 g/mol. The van der Waals surface area contributed by atoms with Gasteiger partial charge in [0.05, 0.1) is 0 Å². The molecule has 0 bridgehead atoms. The quantitative estimate of drug-likeness (QED) is 0.539. The fourth-order valence-electron chi connectivity index (χ4n) is 2.61. The molecule has 0 heterocycles. The van der Waals surface area contributed by atoms with Gasteiger partial charge in [-0.15, -0.1) is 0 Å². The first kappa shape index (κ1) is 11.8. The standard InChI is InChI=1S/C14H26/c1-6-7-13-12(5)14(13)9-8-11(4)10(2)3/h11-14H,2,6-9H2,1,3-5H3. The molecule has 4 unspecified atom stereocenters. The molecule has 0 radical (unpaired) electrons. The Morgan fingerprint density at radius 3 is 2.36 bits per heavy atom. The minimum Gasteiger partial charge on any atom is -0.0999 e. The van der Waals surface area contributed by atoms with Crippen molar-refractivity contribution in [3.8, 4) is 0 Å². The third kappa shape index (κ3) is 2.87. The van der Waals surface area contributed by atoms with Gasteiger partial charge in [-0.25, -0.2) is 0 Å². The van der Waals surface area contributed by atoms with Crippen LogP contribution in [0, 0.1) is 23.7 Å². The highest BCUT2D eigenvalue weighted by atomic mass is 14.5. The van der Waals surface area contributed by atoms with Crippen LogP contribution in [0.3, 0.4) is 0 Å². The van der Waals surface area contributed by atoms with Crippen LogP contribution >= 0.6 is 0 Å². The van der Waals surface area contributed by atoms with Crippen molar-refractivity contribution in [1.82, 2.24) is 0 Å². The summed E-state index contributed by atoms with van der Waals surface area (Å²) in [6, 6.07) is 0. The van der Waals surface area contributed by atoms with Crippen molar-refractivity contribution in [2.75, 3.05) is 0 Å². The summed E-state index contributed by atoms with van der Waals surface area (Å²) in [5, 5.41) is 0. The number of hydrogen-bond donors (Lipinski definition) is 0. The second kappa shape index (κ2) is 5.00. The smallest absolute Gasteiger partial charge is 0.0237 e. The zero-order valence-corrected chi connectivity index (χ0v) is 10.3. The van der Waals surface area contributed by atoms with E-state index in [0.29, 0.717) is 0 Å². The lowest BCUT2D eigenvalue weighted by Gasteiger charge is -2.10. The summed E-state index contributed by atoms with van der Waals surface area (Å²) < 4.78 is 0. The second-order valence-corrected chi connectivity index (χ2v) is 5.30. The van der Waals surface area contributed by atoms with E-state index in [-0.39, 0.29) is 0 Å². The molecule has 0 amide bonds. The van der Waals surface area contributed by atoms with Gasteiger partial charge >= 0.3 is 0 Å². The van der Waals surface area contributed by atoms with Gasteiger partial charge in [0.1, 0.15) is 0 Å². The summed E-state index contributed by atoms with van der Waals surface area (Å²) in [6.45, 7) is 13.2. The van der Waals surface area contributed by atoms with Crippen molar-refractivity contribution >= 4 is 0 Å². The highest BCUT2D eigenvalue weighted by Crippen LogP contribution is 2.51. The third-order valence-corrected chi connectivity index (χ3v) is 4.16. The Hall–Kier alpha value is -0.260. The van der Waals surface area contributed by atoms with Crippen molar-refractivity contribution < 1.29 is 0 Å². The van der Waals surface area contributed by atoms with E-state index in [1.807, 2.05) is 0 Å². The summed E-state index contributed by atoms with van der Waals surface area (Å²) in [4.78, 5) is 0. The predicted octanol–water partition coefficient (Wildman–Crippen LogP) is 4.66. The van der Waals surface area contributed by atoms with Gasteiger partial charge in [0, 0.05) is 0 Å². The third-order valence-electron chi connectivity index (χ3n) is 4.16. The lowest BCUT2D eigenvalue weighted by Crippen LogP contribution is -1.96. The Balaban J connectivity index is 2.18. The second-order valence-electron chi connectivity index (χ2n) is 5.30. The predicted molar refractivity (Wildman–Crippen MR) is 64.3 cm³/mol. The van der Waals surface area contributed by atoms with E-state index >= 15 is 0 Å². The molecule has 1 aliphatic carbocycles. The van der Waals surface area contributed by atoms with E-state index in [4.69, 9.17) is 0 Å². The molecular formula is C14H26. The monoisotopic (exact) mass is 194 g/mol. The maximum atomic E-state index is 4.03. The van der Waals surface area contributed by atoms with Crippen LogP contribution in [0.5, 0.6) is 0 Å². The first-order valence-electron chi connectivity index (χ1n) is 6.23. The normalized spacial score (nSPS) is 32.7. The minimum atomic E-state index is 0.727. The largest absolute Gasteiger partial charge is 0.0999 e. The van der Waals surface area contributed by atoms with Gasteiger partial charge in [0.2, 0.25) is 0 Å². The molecule has 0 nitrogen and oxygen atoms in total. The molecule has 14 heavy (non-hydrogen) atoms. The fraction of sp³-hybridized carbons (Fsp3) is 0.857. The van der Waals surface area contributed by atoms with Crippen LogP contribution in [-0.2, 0) is 0 Å². The van der Waals surface area contributed by atoms with Gasteiger partial charge in [-0.2, -0.15) is 0 Å². The molecule has 4 atom stereocenters. The minimum absolute atomic E-state index is 0.727. The van der Waals surface area contributed by atoms with Gasteiger partial charge in [-0.1, -0.05) is 45.8 Å². The number of rotatable bonds is 6. The average Bonchev–Trinajstić information content (AvgIpc) is 2.73. The van der Waals surface area contributed by atoms with Crippen LogP contribution in [0.2, 0.25) is 0 Å². The topological polar surface area (TPSA) is 0 Å². The Morgan fingerprint density at radius 1 is 1.29 bits per heavy atom. The molecule has 0 aliphatic heterocycles. The van der Waals surface area contributed by atoms with Crippen LogP contribution in [0.4, 0.5) is 0 Å². The van der Waals surface area contributed by atoms with Crippen LogP contribution in [-0.4, -0.2) is 0 Å². The lowest BCUT2D eigenvalue weighted by atomic mass is 9.96. The Labute approximate surface area is 89.8 Å². The van der Waals surface area contributed by atoms with Crippen LogP contribution < -0.4 is 0 Å². The van der Waals surface area contributed by atoms with Gasteiger partial charge in [-0.05, 0) is 43.4 Å². The molecular weight excluding hydrogens is 168 g/mol. The van der Waals surface area contributed by atoms with Gasteiger partial charge in [0.15, 0.2) is 0 Å². The Bertz CT molecular complexity index is 192. The molecule has 1 rings (SSSR count).